The van der Waals surface area contributed by atoms with Crippen LogP contribution in [0.2, 0.25) is 0 Å². The number of amides is 1. The Balaban J connectivity index is 1.51. The van der Waals surface area contributed by atoms with Crippen molar-refractivity contribution in [3.8, 4) is 0 Å². The third-order valence-corrected chi connectivity index (χ3v) is 5.62. The molecule has 2 aliphatic heterocycles. The maximum absolute atomic E-state index is 13.0. The molecule has 1 amide bonds. The monoisotopic (exact) mass is 313 g/mol. The second-order valence-electron chi connectivity index (χ2n) is 7.26. The molecule has 1 aromatic rings. The molecule has 23 heavy (non-hydrogen) atoms. The summed E-state index contributed by atoms with van der Waals surface area (Å²) in [5.74, 6) is 0.801. The second-order valence-corrected chi connectivity index (χ2v) is 7.26. The van der Waals surface area contributed by atoms with Gasteiger partial charge in [0.05, 0.1) is 6.04 Å². The third kappa shape index (κ3) is 3.02. The number of nitrogens with zero attached hydrogens (tertiary/aromatic N) is 2. The fourth-order valence-corrected chi connectivity index (χ4v) is 4.15. The lowest BCUT2D eigenvalue weighted by Crippen LogP contribution is -2.44. The normalized spacial score (nSPS) is 23.0. The Labute approximate surface area is 138 Å². The van der Waals surface area contributed by atoms with Crippen LogP contribution in [0.1, 0.15) is 43.7 Å². The summed E-state index contributed by atoms with van der Waals surface area (Å²) in [5.41, 5.74) is 3.72. The first-order valence-electron chi connectivity index (χ1n) is 9.14. The first-order chi connectivity index (χ1) is 11.3. The summed E-state index contributed by atoms with van der Waals surface area (Å²) in [4.78, 5) is 17.8. The second kappa shape index (κ2) is 6.25. The van der Waals surface area contributed by atoms with Crippen LogP contribution in [0.4, 0.5) is 5.69 Å². The van der Waals surface area contributed by atoms with E-state index in [0.717, 1.165) is 38.4 Å². The number of nitrogens with one attached hydrogen (secondary N) is 1. The van der Waals surface area contributed by atoms with Crippen LogP contribution >= 0.6 is 0 Å². The predicted molar refractivity (Wildman–Crippen MR) is 92.2 cm³/mol. The van der Waals surface area contributed by atoms with E-state index in [4.69, 9.17) is 0 Å². The van der Waals surface area contributed by atoms with Crippen LogP contribution in [0.3, 0.4) is 0 Å². The highest BCUT2D eigenvalue weighted by Crippen LogP contribution is 2.37. The number of fused-ring (bicyclic) bond motifs is 1. The van der Waals surface area contributed by atoms with Gasteiger partial charge in [-0.1, -0.05) is 19.1 Å². The van der Waals surface area contributed by atoms with E-state index in [1.54, 1.807) is 0 Å². The summed E-state index contributed by atoms with van der Waals surface area (Å²) in [7, 11) is 0. The first-order valence-corrected chi connectivity index (χ1v) is 9.14. The van der Waals surface area contributed by atoms with Gasteiger partial charge in [-0.2, -0.15) is 0 Å². The van der Waals surface area contributed by atoms with Crippen molar-refractivity contribution in [3.05, 3.63) is 29.3 Å². The van der Waals surface area contributed by atoms with Crippen LogP contribution in [0.15, 0.2) is 18.2 Å². The number of carbonyl (C=O) groups is 1. The average Bonchev–Trinajstić information content (AvgIpc) is 3.07. The molecule has 0 aromatic heterocycles. The van der Waals surface area contributed by atoms with Gasteiger partial charge in [-0.15, -0.1) is 0 Å². The van der Waals surface area contributed by atoms with Crippen molar-refractivity contribution in [2.24, 2.45) is 5.92 Å². The van der Waals surface area contributed by atoms with Gasteiger partial charge in [0, 0.05) is 18.8 Å². The van der Waals surface area contributed by atoms with Crippen LogP contribution in [0, 0.1) is 5.92 Å². The first kappa shape index (κ1) is 15.2. The largest absolute Gasteiger partial charge is 0.324 e. The SMILES string of the molecule is CCN1Cc2cccc(NC(=O)C(C3CC3)N3CCCC3)c2C1. The molecule has 4 heteroatoms. The molecule has 2 heterocycles. The highest BCUT2D eigenvalue weighted by molar-refractivity contribution is 5.96. The molecule has 2 fully saturated rings. The number of hydrogen-bond acceptors (Lipinski definition) is 3. The molecule has 1 saturated heterocycles. The van der Waals surface area contributed by atoms with Crippen LogP contribution in [-0.2, 0) is 17.9 Å². The van der Waals surface area contributed by atoms with Crippen LogP contribution in [0.5, 0.6) is 0 Å². The Hall–Kier alpha value is -1.39. The molecule has 4 rings (SSSR count). The Morgan fingerprint density at radius 3 is 2.74 bits per heavy atom. The lowest BCUT2D eigenvalue weighted by Gasteiger charge is -2.26. The number of anilines is 1. The predicted octanol–water partition coefficient (Wildman–Crippen LogP) is 2.84. The van der Waals surface area contributed by atoms with Crippen molar-refractivity contribution < 1.29 is 4.79 Å². The molecule has 3 aliphatic rings. The molecule has 1 aromatic carbocycles. The number of hydrogen-bond donors (Lipinski definition) is 1. The quantitative estimate of drug-likeness (QED) is 0.908. The minimum absolute atomic E-state index is 0.0945. The van der Waals surface area contributed by atoms with Gasteiger partial charge in [0.15, 0.2) is 0 Å². The van der Waals surface area contributed by atoms with Crippen LogP contribution < -0.4 is 5.32 Å². The number of benzene rings is 1. The smallest absolute Gasteiger partial charge is 0.242 e. The zero-order valence-electron chi connectivity index (χ0n) is 14.1. The zero-order chi connectivity index (χ0) is 15.8. The highest BCUT2D eigenvalue weighted by Gasteiger charge is 2.41. The molecule has 1 atom stereocenters. The summed E-state index contributed by atoms with van der Waals surface area (Å²) in [6, 6.07) is 6.44. The topological polar surface area (TPSA) is 35.6 Å². The van der Waals surface area contributed by atoms with E-state index in [2.05, 4.69) is 40.2 Å². The van der Waals surface area contributed by atoms with Gasteiger partial charge in [-0.25, -0.2) is 0 Å². The Kier molecular flexibility index (Phi) is 4.12. The Bertz CT molecular complexity index is 590. The van der Waals surface area contributed by atoms with E-state index < -0.39 is 0 Å². The molecular weight excluding hydrogens is 286 g/mol. The van der Waals surface area contributed by atoms with E-state index in [0.29, 0.717) is 5.92 Å². The summed E-state index contributed by atoms with van der Waals surface area (Å²) in [5, 5.41) is 3.28. The van der Waals surface area contributed by atoms with Gasteiger partial charge in [-0.3, -0.25) is 14.6 Å². The van der Waals surface area contributed by atoms with E-state index in [1.807, 2.05) is 0 Å². The average molecular weight is 313 g/mol. The van der Waals surface area contributed by atoms with Gasteiger partial charge in [0.25, 0.3) is 0 Å². The molecule has 4 nitrogen and oxygen atoms in total. The van der Waals surface area contributed by atoms with Crippen molar-refractivity contribution >= 4 is 11.6 Å². The standard InChI is InChI=1S/C19H27N3O/c1-2-21-12-15-6-5-7-17(16(15)13-21)20-19(23)18(14-8-9-14)22-10-3-4-11-22/h5-7,14,18H,2-4,8-13H2,1H3,(H,20,23). The minimum Gasteiger partial charge on any atom is -0.324 e. The van der Waals surface area contributed by atoms with E-state index in [1.165, 1.54) is 36.8 Å². The van der Waals surface area contributed by atoms with Gasteiger partial charge < -0.3 is 5.32 Å². The van der Waals surface area contributed by atoms with Gasteiger partial charge in [0.2, 0.25) is 5.91 Å². The van der Waals surface area contributed by atoms with Crippen LogP contribution in [0.25, 0.3) is 0 Å². The molecule has 1 aliphatic carbocycles. The zero-order valence-corrected chi connectivity index (χ0v) is 14.1. The number of carbonyl (C=O) groups excluding carboxylic acids is 1. The maximum atomic E-state index is 13.0. The summed E-state index contributed by atoms with van der Waals surface area (Å²) in [6.07, 6.45) is 4.90. The lowest BCUT2D eigenvalue weighted by atomic mass is 10.1. The van der Waals surface area contributed by atoms with Crippen molar-refractivity contribution in [1.29, 1.82) is 0 Å². The third-order valence-electron chi connectivity index (χ3n) is 5.62. The van der Waals surface area contributed by atoms with Crippen molar-refractivity contribution in [2.75, 3.05) is 25.0 Å². The molecular formula is C19H27N3O. The van der Waals surface area contributed by atoms with Crippen molar-refractivity contribution in [2.45, 2.75) is 51.7 Å². The van der Waals surface area contributed by atoms with E-state index >= 15 is 0 Å². The summed E-state index contributed by atoms with van der Waals surface area (Å²) < 4.78 is 0. The molecule has 1 N–H and O–H groups in total. The number of rotatable bonds is 5. The molecule has 0 radical (unpaired) electrons. The highest BCUT2D eigenvalue weighted by atomic mass is 16.2. The maximum Gasteiger partial charge on any atom is 0.242 e. The summed E-state index contributed by atoms with van der Waals surface area (Å²) >= 11 is 0. The van der Waals surface area contributed by atoms with Crippen molar-refractivity contribution in [1.82, 2.24) is 9.80 Å². The fraction of sp³-hybridized carbons (Fsp3) is 0.632. The number of likely N-dealkylation sites (tertiary alicyclic amines) is 1. The molecule has 0 bridgehead atoms. The van der Waals surface area contributed by atoms with Crippen molar-refractivity contribution in [3.63, 3.8) is 0 Å². The molecule has 1 saturated carbocycles. The molecule has 1 unspecified atom stereocenters. The van der Waals surface area contributed by atoms with Gasteiger partial charge in [0.1, 0.15) is 0 Å². The van der Waals surface area contributed by atoms with E-state index in [9.17, 15) is 4.79 Å². The lowest BCUT2D eigenvalue weighted by molar-refractivity contribution is -0.121. The van der Waals surface area contributed by atoms with Gasteiger partial charge >= 0.3 is 0 Å². The van der Waals surface area contributed by atoms with Crippen LogP contribution in [-0.4, -0.2) is 41.4 Å². The Morgan fingerprint density at radius 1 is 1.26 bits per heavy atom. The fourth-order valence-electron chi connectivity index (χ4n) is 4.15. The minimum atomic E-state index is 0.0945. The van der Waals surface area contributed by atoms with E-state index in [-0.39, 0.29) is 11.9 Å². The molecule has 0 spiro atoms. The van der Waals surface area contributed by atoms with Gasteiger partial charge in [-0.05, 0) is 68.4 Å². The summed E-state index contributed by atoms with van der Waals surface area (Å²) in [6.45, 7) is 7.39. The Morgan fingerprint density at radius 2 is 2.04 bits per heavy atom. The molecule has 124 valence electrons.